The van der Waals surface area contributed by atoms with Crippen LogP contribution in [0.4, 0.5) is 13.6 Å². The molecule has 1 aromatic carbocycles. The molecule has 1 aromatic rings. The molecular formula is C18H25F2NO3. The third-order valence-electron chi connectivity index (χ3n) is 4.33. The highest BCUT2D eigenvalue weighted by Gasteiger charge is 2.39. The SMILES string of the molecule is C[C@H]1c2cccc(C(C)(O)C(F)F)c2CCN1C(=O)OC(C)(C)C. The largest absolute Gasteiger partial charge is 0.444 e. The lowest BCUT2D eigenvalue weighted by molar-refractivity contribution is -0.0891. The van der Waals surface area contributed by atoms with E-state index in [2.05, 4.69) is 0 Å². The van der Waals surface area contributed by atoms with Gasteiger partial charge in [-0.15, -0.1) is 0 Å². The molecule has 0 saturated heterocycles. The van der Waals surface area contributed by atoms with Gasteiger partial charge in [0.25, 0.3) is 6.43 Å². The summed E-state index contributed by atoms with van der Waals surface area (Å²) in [5.74, 6) is 0. The number of hydrogen-bond donors (Lipinski definition) is 1. The van der Waals surface area contributed by atoms with Gasteiger partial charge in [0.2, 0.25) is 0 Å². The second-order valence-corrected chi connectivity index (χ2v) is 7.42. The molecule has 0 fully saturated rings. The normalized spacial score (nSPS) is 20.5. The zero-order valence-corrected chi connectivity index (χ0v) is 14.8. The Labute approximate surface area is 141 Å². The molecule has 0 saturated carbocycles. The molecule has 2 atom stereocenters. The van der Waals surface area contributed by atoms with E-state index < -0.39 is 23.7 Å². The van der Waals surface area contributed by atoms with E-state index >= 15 is 0 Å². The van der Waals surface area contributed by atoms with Crippen molar-refractivity contribution in [3.63, 3.8) is 0 Å². The highest BCUT2D eigenvalue weighted by atomic mass is 19.3. The molecule has 0 aromatic heterocycles. The number of benzene rings is 1. The summed E-state index contributed by atoms with van der Waals surface area (Å²) in [4.78, 5) is 14.0. The molecule has 1 aliphatic rings. The number of rotatable bonds is 2. The van der Waals surface area contributed by atoms with Crippen LogP contribution in [-0.4, -0.2) is 34.7 Å². The highest BCUT2D eigenvalue weighted by molar-refractivity contribution is 5.69. The Morgan fingerprint density at radius 1 is 1.33 bits per heavy atom. The average molecular weight is 341 g/mol. The van der Waals surface area contributed by atoms with Crippen molar-refractivity contribution in [2.45, 2.75) is 64.7 Å². The summed E-state index contributed by atoms with van der Waals surface area (Å²) in [6, 6.07) is 4.67. The third-order valence-corrected chi connectivity index (χ3v) is 4.33. The molecule has 1 unspecified atom stereocenters. The summed E-state index contributed by atoms with van der Waals surface area (Å²) in [6.07, 6.45) is -2.91. The van der Waals surface area contributed by atoms with Crippen LogP contribution >= 0.6 is 0 Å². The Balaban J connectivity index is 2.36. The Hall–Kier alpha value is -1.69. The van der Waals surface area contributed by atoms with Gasteiger partial charge in [0.05, 0.1) is 6.04 Å². The third kappa shape index (κ3) is 3.53. The standard InChI is InChI=1S/C18H25F2NO3/c1-11-12-7-6-8-14(18(5,23)15(19)20)13(12)9-10-21(11)16(22)24-17(2,3)4/h6-8,11,15,23H,9-10H2,1-5H3/t11-,18?/m0/s1. The quantitative estimate of drug-likeness (QED) is 0.884. The van der Waals surface area contributed by atoms with E-state index in [0.717, 1.165) is 12.5 Å². The number of ether oxygens (including phenoxy) is 1. The van der Waals surface area contributed by atoms with Gasteiger partial charge in [-0.25, -0.2) is 13.6 Å². The summed E-state index contributed by atoms with van der Waals surface area (Å²) in [5, 5.41) is 10.2. The average Bonchev–Trinajstić information content (AvgIpc) is 2.45. The van der Waals surface area contributed by atoms with Gasteiger partial charge in [0, 0.05) is 6.54 Å². The molecule has 134 valence electrons. The zero-order chi connectivity index (χ0) is 18.3. The van der Waals surface area contributed by atoms with Gasteiger partial charge in [-0.2, -0.15) is 0 Å². The minimum Gasteiger partial charge on any atom is -0.444 e. The maximum Gasteiger partial charge on any atom is 0.410 e. The van der Waals surface area contributed by atoms with Gasteiger partial charge in [-0.1, -0.05) is 18.2 Å². The van der Waals surface area contributed by atoms with Crippen LogP contribution in [0, 0.1) is 0 Å². The molecule has 1 aliphatic heterocycles. The number of hydrogen-bond acceptors (Lipinski definition) is 3. The topological polar surface area (TPSA) is 49.8 Å². The zero-order valence-electron chi connectivity index (χ0n) is 14.8. The van der Waals surface area contributed by atoms with E-state index in [1.807, 2.05) is 13.0 Å². The molecular weight excluding hydrogens is 316 g/mol. The molecule has 1 amide bonds. The smallest absolute Gasteiger partial charge is 0.410 e. The van der Waals surface area contributed by atoms with Crippen LogP contribution in [-0.2, 0) is 16.8 Å². The van der Waals surface area contributed by atoms with Crippen molar-refractivity contribution in [1.82, 2.24) is 4.90 Å². The van der Waals surface area contributed by atoms with E-state index in [1.54, 1.807) is 31.7 Å². The maximum atomic E-state index is 13.2. The van der Waals surface area contributed by atoms with E-state index in [4.69, 9.17) is 4.74 Å². The highest BCUT2D eigenvalue weighted by Crippen LogP contribution is 2.38. The molecule has 2 rings (SSSR count). The summed E-state index contributed by atoms with van der Waals surface area (Å²) in [5.41, 5.74) is -1.12. The second kappa shape index (κ2) is 6.31. The first-order valence-corrected chi connectivity index (χ1v) is 8.07. The summed E-state index contributed by atoms with van der Waals surface area (Å²) < 4.78 is 31.9. The second-order valence-electron chi connectivity index (χ2n) is 7.42. The summed E-state index contributed by atoms with van der Waals surface area (Å²) in [7, 11) is 0. The van der Waals surface area contributed by atoms with Crippen LogP contribution < -0.4 is 0 Å². The first-order chi connectivity index (χ1) is 10.9. The van der Waals surface area contributed by atoms with Crippen LogP contribution in [0.2, 0.25) is 0 Å². The van der Waals surface area contributed by atoms with Crippen molar-refractivity contribution in [2.75, 3.05) is 6.54 Å². The van der Waals surface area contributed by atoms with Gasteiger partial charge >= 0.3 is 6.09 Å². The molecule has 0 radical (unpaired) electrons. The predicted molar refractivity (Wildman–Crippen MR) is 87.1 cm³/mol. The van der Waals surface area contributed by atoms with Crippen LogP contribution in [0.3, 0.4) is 0 Å². The van der Waals surface area contributed by atoms with Crippen LogP contribution in [0.5, 0.6) is 0 Å². The Bertz CT molecular complexity index is 623. The van der Waals surface area contributed by atoms with Gasteiger partial charge < -0.3 is 14.7 Å². The van der Waals surface area contributed by atoms with E-state index in [0.29, 0.717) is 18.5 Å². The summed E-state index contributed by atoms with van der Waals surface area (Å²) in [6.45, 7) is 8.71. The number of aliphatic hydroxyl groups is 1. The molecule has 1 N–H and O–H groups in total. The number of halogens is 2. The Kier molecular flexibility index (Phi) is 4.91. The van der Waals surface area contributed by atoms with Gasteiger partial charge in [-0.3, -0.25) is 0 Å². The molecule has 0 bridgehead atoms. The Morgan fingerprint density at radius 3 is 2.50 bits per heavy atom. The lowest BCUT2D eigenvalue weighted by Crippen LogP contribution is -2.43. The lowest BCUT2D eigenvalue weighted by Gasteiger charge is -2.38. The van der Waals surface area contributed by atoms with Crippen LogP contribution in [0.15, 0.2) is 18.2 Å². The molecule has 1 heterocycles. The molecule has 0 aliphatic carbocycles. The van der Waals surface area contributed by atoms with Crippen molar-refractivity contribution in [2.24, 2.45) is 0 Å². The number of carbonyl (C=O) groups is 1. The fraction of sp³-hybridized carbons (Fsp3) is 0.611. The van der Waals surface area contributed by atoms with Crippen molar-refractivity contribution >= 4 is 6.09 Å². The minimum absolute atomic E-state index is 0.227. The molecule has 6 heteroatoms. The molecule has 4 nitrogen and oxygen atoms in total. The van der Waals surface area contributed by atoms with E-state index in [-0.39, 0.29) is 11.6 Å². The van der Waals surface area contributed by atoms with Crippen molar-refractivity contribution < 1.29 is 23.4 Å². The van der Waals surface area contributed by atoms with Gasteiger partial charge in [-0.05, 0) is 57.7 Å². The first kappa shape index (κ1) is 18.6. The summed E-state index contributed by atoms with van der Waals surface area (Å²) >= 11 is 0. The predicted octanol–water partition coefficient (Wildman–Crippen LogP) is 4.01. The number of fused-ring (bicyclic) bond motifs is 1. The fourth-order valence-electron chi connectivity index (χ4n) is 3.03. The van der Waals surface area contributed by atoms with Crippen LogP contribution in [0.25, 0.3) is 0 Å². The van der Waals surface area contributed by atoms with E-state index in [9.17, 15) is 18.7 Å². The molecule has 0 spiro atoms. The van der Waals surface area contributed by atoms with Gasteiger partial charge in [0.15, 0.2) is 0 Å². The van der Waals surface area contributed by atoms with Crippen molar-refractivity contribution in [3.8, 4) is 0 Å². The monoisotopic (exact) mass is 341 g/mol. The maximum absolute atomic E-state index is 13.2. The van der Waals surface area contributed by atoms with E-state index in [1.165, 1.54) is 6.07 Å². The number of nitrogens with zero attached hydrogens (tertiary/aromatic N) is 1. The molecule has 24 heavy (non-hydrogen) atoms. The Morgan fingerprint density at radius 2 is 1.96 bits per heavy atom. The fourth-order valence-corrected chi connectivity index (χ4v) is 3.03. The van der Waals surface area contributed by atoms with Gasteiger partial charge in [0.1, 0.15) is 11.2 Å². The number of alkyl halides is 2. The first-order valence-electron chi connectivity index (χ1n) is 8.07. The van der Waals surface area contributed by atoms with Crippen LogP contribution in [0.1, 0.15) is 57.4 Å². The lowest BCUT2D eigenvalue weighted by atomic mass is 9.83. The van der Waals surface area contributed by atoms with Crippen molar-refractivity contribution in [3.05, 3.63) is 34.9 Å². The number of amides is 1. The number of carbonyl (C=O) groups excluding carboxylic acids is 1. The van der Waals surface area contributed by atoms with Crippen molar-refractivity contribution in [1.29, 1.82) is 0 Å². The minimum atomic E-state index is -2.89.